The predicted molar refractivity (Wildman–Crippen MR) is 84.4 cm³/mol. The minimum atomic E-state index is -0.496. The fraction of sp³-hybridized carbons (Fsp3) is 0.562. The third-order valence-electron chi connectivity index (χ3n) is 4.19. The number of amides is 2. The molecular formula is C16H24FN3O2. The Kier molecular flexibility index (Phi) is 5.24. The number of anilines is 1. The molecule has 2 amide bonds. The van der Waals surface area contributed by atoms with Crippen LogP contribution in [0.2, 0.25) is 0 Å². The molecule has 1 saturated carbocycles. The van der Waals surface area contributed by atoms with Gasteiger partial charge in [0, 0.05) is 20.6 Å². The van der Waals surface area contributed by atoms with Gasteiger partial charge in [0.1, 0.15) is 5.82 Å². The van der Waals surface area contributed by atoms with Crippen LogP contribution in [0.3, 0.4) is 0 Å². The first kappa shape index (κ1) is 16.5. The highest BCUT2D eigenvalue weighted by molar-refractivity contribution is 5.74. The summed E-state index contributed by atoms with van der Waals surface area (Å²) in [6.07, 6.45) is 3.61. The number of urea groups is 1. The van der Waals surface area contributed by atoms with Gasteiger partial charge in [0.15, 0.2) is 0 Å². The van der Waals surface area contributed by atoms with E-state index in [0.717, 1.165) is 25.7 Å². The summed E-state index contributed by atoms with van der Waals surface area (Å²) in [5, 5.41) is 15.0. The highest BCUT2D eigenvalue weighted by Crippen LogP contribution is 2.28. The summed E-state index contributed by atoms with van der Waals surface area (Å²) in [6, 6.07) is 4.58. The van der Waals surface area contributed by atoms with Gasteiger partial charge in [0.25, 0.3) is 0 Å². The Morgan fingerprint density at radius 3 is 2.59 bits per heavy atom. The molecule has 0 heterocycles. The van der Waals surface area contributed by atoms with E-state index < -0.39 is 5.54 Å². The fourth-order valence-corrected chi connectivity index (χ4v) is 2.86. The van der Waals surface area contributed by atoms with Crippen LogP contribution in [0.4, 0.5) is 14.9 Å². The molecule has 0 saturated heterocycles. The molecule has 1 fully saturated rings. The van der Waals surface area contributed by atoms with Crippen molar-refractivity contribution in [3.8, 4) is 0 Å². The van der Waals surface area contributed by atoms with E-state index >= 15 is 0 Å². The van der Waals surface area contributed by atoms with Crippen LogP contribution < -0.4 is 15.5 Å². The summed E-state index contributed by atoms with van der Waals surface area (Å²) in [5.74, 6) is -0.313. The topological polar surface area (TPSA) is 64.6 Å². The number of nitrogens with zero attached hydrogens (tertiary/aromatic N) is 1. The highest BCUT2D eigenvalue weighted by atomic mass is 19.1. The van der Waals surface area contributed by atoms with E-state index in [2.05, 4.69) is 10.6 Å². The largest absolute Gasteiger partial charge is 0.394 e. The molecule has 0 spiro atoms. The molecule has 0 bridgehead atoms. The highest BCUT2D eigenvalue weighted by Gasteiger charge is 2.34. The molecule has 0 aliphatic heterocycles. The van der Waals surface area contributed by atoms with Gasteiger partial charge in [-0.2, -0.15) is 0 Å². The summed E-state index contributed by atoms with van der Waals surface area (Å²) in [5.41, 5.74) is 0.713. The molecule has 1 aliphatic carbocycles. The molecule has 0 unspecified atom stereocenters. The first-order chi connectivity index (χ1) is 10.5. The molecular weight excluding hydrogens is 285 g/mol. The van der Waals surface area contributed by atoms with Crippen LogP contribution in [0.1, 0.15) is 31.2 Å². The molecule has 122 valence electrons. The number of aliphatic hydroxyl groups excluding tert-OH is 1. The van der Waals surface area contributed by atoms with Crippen molar-refractivity contribution in [2.45, 2.75) is 37.8 Å². The average Bonchev–Trinajstić information content (AvgIpc) is 2.94. The summed E-state index contributed by atoms with van der Waals surface area (Å²) in [6.45, 7) is 0.199. The molecule has 1 aromatic carbocycles. The Labute approximate surface area is 130 Å². The lowest BCUT2D eigenvalue weighted by molar-refractivity contribution is 0.162. The van der Waals surface area contributed by atoms with E-state index in [-0.39, 0.29) is 25.0 Å². The Hall–Kier alpha value is -1.82. The van der Waals surface area contributed by atoms with Crippen molar-refractivity contribution in [2.75, 3.05) is 25.6 Å². The zero-order chi connectivity index (χ0) is 16.2. The van der Waals surface area contributed by atoms with E-state index in [1.165, 1.54) is 6.07 Å². The Balaban J connectivity index is 1.90. The molecule has 3 N–H and O–H groups in total. The molecule has 1 aromatic rings. The van der Waals surface area contributed by atoms with Crippen molar-refractivity contribution in [2.24, 2.45) is 0 Å². The number of hydrogen-bond acceptors (Lipinski definition) is 3. The molecule has 1 aliphatic rings. The number of carbonyl (C=O) groups excluding carboxylic acids is 1. The number of aliphatic hydroxyl groups is 1. The first-order valence-corrected chi connectivity index (χ1v) is 7.58. The second-order valence-electron chi connectivity index (χ2n) is 6.13. The lowest BCUT2D eigenvalue weighted by atomic mass is 9.99. The van der Waals surface area contributed by atoms with Crippen LogP contribution >= 0.6 is 0 Å². The maximum Gasteiger partial charge on any atom is 0.315 e. The van der Waals surface area contributed by atoms with Crippen LogP contribution in [-0.2, 0) is 6.54 Å². The SMILES string of the molecule is CN(C)c1ccc(CNC(=O)NC2(CO)CCCC2)cc1F. The van der Waals surface area contributed by atoms with Crippen molar-refractivity contribution >= 4 is 11.7 Å². The maximum atomic E-state index is 13.9. The summed E-state index contributed by atoms with van der Waals surface area (Å²) >= 11 is 0. The van der Waals surface area contributed by atoms with Crippen LogP contribution in [0.25, 0.3) is 0 Å². The second kappa shape index (κ2) is 6.96. The minimum absolute atomic E-state index is 0.0490. The van der Waals surface area contributed by atoms with Crippen molar-refractivity contribution in [1.29, 1.82) is 0 Å². The number of benzene rings is 1. The summed E-state index contributed by atoms with van der Waals surface area (Å²) < 4.78 is 13.9. The first-order valence-electron chi connectivity index (χ1n) is 7.58. The number of halogens is 1. The summed E-state index contributed by atoms with van der Waals surface area (Å²) in [7, 11) is 3.55. The fourth-order valence-electron chi connectivity index (χ4n) is 2.86. The van der Waals surface area contributed by atoms with Gasteiger partial charge in [-0.3, -0.25) is 0 Å². The molecule has 5 nitrogen and oxygen atoms in total. The van der Waals surface area contributed by atoms with E-state index in [1.54, 1.807) is 31.1 Å². The van der Waals surface area contributed by atoms with Gasteiger partial charge in [-0.25, -0.2) is 9.18 Å². The van der Waals surface area contributed by atoms with Gasteiger partial charge >= 0.3 is 6.03 Å². The third-order valence-corrected chi connectivity index (χ3v) is 4.19. The van der Waals surface area contributed by atoms with Gasteiger partial charge < -0.3 is 20.6 Å². The monoisotopic (exact) mass is 309 g/mol. The summed E-state index contributed by atoms with van der Waals surface area (Å²) in [4.78, 5) is 13.7. The molecule has 0 atom stereocenters. The van der Waals surface area contributed by atoms with E-state index in [9.17, 15) is 14.3 Å². The lowest BCUT2D eigenvalue weighted by Crippen LogP contribution is -2.52. The molecule has 22 heavy (non-hydrogen) atoms. The Morgan fingerprint density at radius 1 is 1.36 bits per heavy atom. The zero-order valence-electron chi connectivity index (χ0n) is 13.2. The molecule has 2 rings (SSSR count). The smallest absolute Gasteiger partial charge is 0.315 e. The second-order valence-corrected chi connectivity index (χ2v) is 6.13. The maximum absolute atomic E-state index is 13.9. The quantitative estimate of drug-likeness (QED) is 0.779. The standard InChI is InChI=1S/C16H24FN3O2/c1-20(2)14-6-5-12(9-13(14)17)10-18-15(22)19-16(11-21)7-3-4-8-16/h5-6,9,21H,3-4,7-8,10-11H2,1-2H3,(H2,18,19,22). The average molecular weight is 309 g/mol. The van der Waals surface area contributed by atoms with Crippen LogP contribution in [0.15, 0.2) is 18.2 Å². The number of rotatable bonds is 5. The van der Waals surface area contributed by atoms with Crippen molar-refractivity contribution < 1.29 is 14.3 Å². The number of carbonyl (C=O) groups is 1. The van der Waals surface area contributed by atoms with E-state index in [0.29, 0.717) is 11.3 Å². The van der Waals surface area contributed by atoms with Crippen molar-refractivity contribution in [1.82, 2.24) is 10.6 Å². The lowest BCUT2D eigenvalue weighted by Gasteiger charge is -2.28. The van der Waals surface area contributed by atoms with Crippen molar-refractivity contribution in [3.05, 3.63) is 29.6 Å². The van der Waals surface area contributed by atoms with Crippen LogP contribution in [-0.4, -0.2) is 37.4 Å². The van der Waals surface area contributed by atoms with Gasteiger partial charge in [-0.15, -0.1) is 0 Å². The molecule has 0 radical (unpaired) electrons. The van der Waals surface area contributed by atoms with Gasteiger partial charge in [0.05, 0.1) is 17.8 Å². The van der Waals surface area contributed by atoms with Crippen LogP contribution in [0, 0.1) is 5.82 Å². The predicted octanol–water partition coefficient (Wildman–Crippen LogP) is 2.00. The number of nitrogens with one attached hydrogen (secondary N) is 2. The molecule has 0 aromatic heterocycles. The van der Waals surface area contributed by atoms with Crippen LogP contribution in [0.5, 0.6) is 0 Å². The van der Waals surface area contributed by atoms with Gasteiger partial charge in [-0.05, 0) is 30.5 Å². The van der Waals surface area contributed by atoms with Gasteiger partial charge in [-0.1, -0.05) is 18.9 Å². The zero-order valence-corrected chi connectivity index (χ0v) is 13.2. The van der Waals surface area contributed by atoms with Crippen molar-refractivity contribution in [3.63, 3.8) is 0 Å². The third kappa shape index (κ3) is 3.88. The Morgan fingerprint density at radius 2 is 2.05 bits per heavy atom. The van der Waals surface area contributed by atoms with Gasteiger partial charge in [0.2, 0.25) is 0 Å². The Bertz CT molecular complexity index is 528. The van der Waals surface area contributed by atoms with E-state index in [4.69, 9.17) is 0 Å². The number of hydrogen-bond donors (Lipinski definition) is 3. The normalized spacial score (nSPS) is 16.4. The van der Waals surface area contributed by atoms with E-state index in [1.807, 2.05) is 0 Å². The molecule has 6 heteroatoms. The minimum Gasteiger partial charge on any atom is -0.394 e.